The van der Waals surface area contributed by atoms with Crippen LogP contribution in [0, 0.1) is 0 Å². The number of hydrogen-bond donors (Lipinski definition) is 2. The monoisotopic (exact) mass is 289 g/mol. The van der Waals surface area contributed by atoms with E-state index in [1.165, 1.54) is 25.7 Å². The van der Waals surface area contributed by atoms with E-state index in [1.807, 2.05) is 20.8 Å². The third-order valence-corrected chi connectivity index (χ3v) is 3.98. The van der Waals surface area contributed by atoms with Crippen LogP contribution in [-0.2, 0) is 4.79 Å². The first kappa shape index (κ1) is 16.7. The Kier molecular flexibility index (Phi) is 5.65. The Hall–Kier alpha value is -0.320. The van der Waals surface area contributed by atoms with E-state index in [0.717, 1.165) is 0 Å². The van der Waals surface area contributed by atoms with Crippen molar-refractivity contribution in [3.05, 3.63) is 0 Å². The summed E-state index contributed by atoms with van der Waals surface area (Å²) in [5, 5.41) is 6.67. The van der Waals surface area contributed by atoms with Gasteiger partial charge in [0, 0.05) is 23.7 Å². The van der Waals surface area contributed by atoms with Crippen LogP contribution in [0.25, 0.3) is 0 Å². The summed E-state index contributed by atoms with van der Waals surface area (Å²) in [5.74, 6) is 0.135. The second-order valence-electron chi connectivity index (χ2n) is 6.98. The van der Waals surface area contributed by atoms with Gasteiger partial charge < -0.3 is 10.6 Å². The van der Waals surface area contributed by atoms with Crippen LogP contribution in [0.4, 0.5) is 0 Å². The molecule has 4 nitrogen and oxygen atoms in total. The minimum Gasteiger partial charge on any atom is -0.350 e. The first-order chi connectivity index (χ1) is 8.33. The van der Waals surface area contributed by atoms with E-state index < -0.39 is 0 Å². The third-order valence-electron chi connectivity index (χ3n) is 3.98. The molecule has 5 heteroatoms. The number of carbonyl (C=O) groups excluding carboxylic acids is 1. The van der Waals surface area contributed by atoms with E-state index in [0.29, 0.717) is 24.7 Å². The SMILES string of the molecule is CN(CC(=O)NC(C)(C)C)C1CC2CCC(C1)N2.Cl. The molecule has 112 valence electrons. The maximum atomic E-state index is 11.9. The summed E-state index contributed by atoms with van der Waals surface area (Å²) >= 11 is 0. The normalized spacial score (nSPS) is 30.1. The standard InChI is InChI=1S/C14H27N3O.ClH/c1-14(2,3)16-13(18)9-17(4)12-7-10-5-6-11(8-12)15-10;/h10-12,15H,5-9H2,1-4H3,(H,16,18);1H. The molecule has 19 heavy (non-hydrogen) atoms. The zero-order valence-electron chi connectivity index (χ0n) is 12.5. The van der Waals surface area contributed by atoms with Gasteiger partial charge in [0.25, 0.3) is 0 Å². The number of carbonyl (C=O) groups is 1. The second-order valence-corrected chi connectivity index (χ2v) is 6.98. The summed E-state index contributed by atoms with van der Waals surface area (Å²) in [7, 11) is 2.08. The van der Waals surface area contributed by atoms with Gasteiger partial charge in [-0.25, -0.2) is 0 Å². The van der Waals surface area contributed by atoms with Crippen LogP contribution in [0.3, 0.4) is 0 Å². The van der Waals surface area contributed by atoms with E-state index in [-0.39, 0.29) is 23.9 Å². The van der Waals surface area contributed by atoms with Crippen molar-refractivity contribution in [1.29, 1.82) is 0 Å². The Balaban J connectivity index is 0.00000180. The van der Waals surface area contributed by atoms with E-state index in [9.17, 15) is 4.79 Å². The molecule has 2 fully saturated rings. The van der Waals surface area contributed by atoms with E-state index in [2.05, 4.69) is 22.6 Å². The second kappa shape index (κ2) is 6.42. The molecule has 2 heterocycles. The van der Waals surface area contributed by atoms with Crippen LogP contribution in [0.5, 0.6) is 0 Å². The van der Waals surface area contributed by atoms with Gasteiger partial charge >= 0.3 is 0 Å². The predicted molar refractivity (Wildman–Crippen MR) is 80.7 cm³/mol. The number of fused-ring (bicyclic) bond motifs is 2. The highest BCUT2D eigenvalue weighted by Crippen LogP contribution is 2.29. The number of rotatable bonds is 3. The van der Waals surface area contributed by atoms with Crippen molar-refractivity contribution in [2.75, 3.05) is 13.6 Å². The fourth-order valence-electron chi connectivity index (χ4n) is 3.20. The maximum Gasteiger partial charge on any atom is 0.234 e. The van der Waals surface area contributed by atoms with Crippen molar-refractivity contribution in [2.24, 2.45) is 0 Å². The van der Waals surface area contributed by atoms with Gasteiger partial charge in [0.1, 0.15) is 0 Å². The topological polar surface area (TPSA) is 44.4 Å². The molecule has 0 aromatic carbocycles. The Bertz CT molecular complexity index is 304. The number of piperidine rings is 1. The molecule has 0 radical (unpaired) electrons. The Morgan fingerprint density at radius 3 is 2.26 bits per heavy atom. The van der Waals surface area contributed by atoms with Crippen molar-refractivity contribution in [3.8, 4) is 0 Å². The van der Waals surface area contributed by atoms with Gasteiger partial charge in [0.05, 0.1) is 6.54 Å². The van der Waals surface area contributed by atoms with Gasteiger partial charge in [0.15, 0.2) is 0 Å². The summed E-state index contributed by atoms with van der Waals surface area (Å²) in [6.07, 6.45) is 5.00. The molecular formula is C14H28ClN3O. The number of halogens is 1. The van der Waals surface area contributed by atoms with Crippen LogP contribution >= 0.6 is 12.4 Å². The molecule has 2 rings (SSSR count). The first-order valence-corrected chi connectivity index (χ1v) is 7.11. The molecule has 0 aromatic heterocycles. The molecule has 0 aromatic rings. The lowest BCUT2D eigenvalue weighted by Gasteiger charge is -2.35. The molecule has 2 unspecified atom stereocenters. The molecule has 2 N–H and O–H groups in total. The van der Waals surface area contributed by atoms with Crippen molar-refractivity contribution in [2.45, 2.75) is 70.1 Å². The van der Waals surface area contributed by atoms with Gasteiger partial charge in [-0.05, 0) is 53.5 Å². The largest absolute Gasteiger partial charge is 0.350 e. The van der Waals surface area contributed by atoms with E-state index in [1.54, 1.807) is 0 Å². The highest BCUT2D eigenvalue weighted by Gasteiger charge is 2.35. The minimum absolute atomic E-state index is 0. The fraction of sp³-hybridized carbons (Fsp3) is 0.929. The van der Waals surface area contributed by atoms with Crippen molar-refractivity contribution in [3.63, 3.8) is 0 Å². The first-order valence-electron chi connectivity index (χ1n) is 7.11. The fourth-order valence-corrected chi connectivity index (χ4v) is 3.20. The average molecular weight is 290 g/mol. The summed E-state index contributed by atoms with van der Waals surface area (Å²) in [5.41, 5.74) is -0.134. The highest BCUT2D eigenvalue weighted by molar-refractivity contribution is 5.85. The van der Waals surface area contributed by atoms with Gasteiger partial charge in [-0.15, -0.1) is 12.4 Å². The lowest BCUT2D eigenvalue weighted by molar-refractivity contribution is -0.124. The Morgan fingerprint density at radius 1 is 1.26 bits per heavy atom. The Morgan fingerprint density at radius 2 is 1.79 bits per heavy atom. The van der Waals surface area contributed by atoms with Crippen LogP contribution in [0.15, 0.2) is 0 Å². The number of nitrogens with zero attached hydrogens (tertiary/aromatic N) is 1. The molecule has 2 aliphatic heterocycles. The van der Waals surface area contributed by atoms with Gasteiger partial charge in [0.2, 0.25) is 5.91 Å². The molecule has 0 aliphatic carbocycles. The zero-order chi connectivity index (χ0) is 13.3. The molecular weight excluding hydrogens is 262 g/mol. The summed E-state index contributed by atoms with van der Waals surface area (Å²) in [4.78, 5) is 14.2. The molecule has 2 atom stereocenters. The van der Waals surface area contributed by atoms with Crippen molar-refractivity contribution in [1.82, 2.24) is 15.5 Å². The number of likely N-dealkylation sites (N-methyl/N-ethyl adjacent to an activating group) is 1. The average Bonchev–Trinajstić information content (AvgIpc) is 2.54. The number of hydrogen-bond acceptors (Lipinski definition) is 3. The van der Waals surface area contributed by atoms with Crippen LogP contribution in [0.1, 0.15) is 46.5 Å². The van der Waals surface area contributed by atoms with Gasteiger partial charge in [-0.1, -0.05) is 0 Å². The number of nitrogens with one attached hydrogen (secondary N) is 2. The van der Waals surface area contributed by atoms with Crippen LogP contribution < -0.4 is 10.6 Å². The zero-order valence-corrected chi connectivity index (χ0v) is 13.3. The summed E-state index contributed by atoms with van der Waals surface area (Å²) < 4.78 is 0. The van der Waals surface area contributed by atoms with Crippen LogP contribution in [0.2, 0.25) is 0 Å². The summed E-state index contributed by atoms with van der Waals surface area (Å²) in [6.45, 7) is 6.59. The quantitative estimate of drug-likeness (QED) is 0.828. The van der Waals surface area contributed by atoms with Crippen molar-refractivity contribution >= 4 is 18.3 Å². The lowest BCUT2D eigenvalue weighted by Crippen LogP contribution is -2.51. The van der Waals surface area contributed by atoms with Crippen molar-refractivity contribution < 1.29 is 4.79 Å². The molecule has 2 bridgehead atoms. The molecule has 1 amide bonds. The van der Waals surface area contributed by atoms with Crippen LogP contribution in [-0.4, -0.2) is 48.1 Å². The predicted octanol–water partition coefficient (Wildman–Crippen LogP) is 1.54. The molecule has 0 saturated carbocycles. The molecule has 0 spiro atoms. The third kappa shape index (κ3) is 4.93. The Labute approximate surface area is 123 Å². The van der Waals surface area contributed by atoms with Gasteiger partial charge in [-0.3, -0.25) is 9.69 Å². The molecule has 2 saturated heterocycles. The molecule has 2 aliphatic rings. The number of amides is 1. The smallest absolute Gasteiger partial charge is 0.234 e. The van der Waals surface area contributed by atoms with Gasteiger partial charge in [-0.2, -0.15) is 0 Å². The minimum atomic E-state index is -0.134. The summed E-state index contributed by atoms with van der Waals surface area (Å²) in [6, 6.07) is 1.93. The lowest BCUT2D eigenvalue weighted by atomic mass is 9.98. The van der Waals surface area contributed by atoms with E-state index >= 15 is 0 Å². The van der Waals surface area contributed by atoms with E-state index in [4.69, 9.17) is 0 Å². The maximum absolute atomic E-state index is 11.9. The highest BCUT2D eigenvalue weighted by atomic mass is 35.5.